The second-order valence-corrected chi connectivity index (χ2v) is 8.33. The molecular formula is C23H29NO3. The van der Waals surface area contributed by atoms with Crippen molar-refractivity contribution in [3.8, 4) is 5.75 Å². The fraction of sp³-hybridized carbons (Fsp3) is 0.435. The van der Waals surface area contributed by atoms with Gasteiger partial charge in [0.25, 0.3) is 0 Å². The van der Waals surface area contributed by atoms with Crippen LogP contribution >= 0.6 is 0 Å². The summed E-state index contributed by atoms with van der Waals surface area (Å²) in [6, 6.07) is 16.5. The van der Waals surface area contributed by atoms with Crippen molar-refractivity contribution in [3.05, 3.63) is 65.2 Å². The van der Waals surface area contributed by atoms with Gasteiger partial charge in [0.05, 0.1) is 0 Å². The van der Waals surface area contributed by atoms with Crippen LogP contribution in [0.5, 0.6) is 5.75 Å². The first-order valence-corrected chi connectivity index (χ1v) is 9.49. The summed E-state index contributed by atoms with van der Waals surface area (Å²) < 4.78 is 12.0. The van der Waals surface area contributed by atoms with Gasteiger partial charge in [-0.25, -0.2) is 4.79 Å². The van der Waals surface area contributed by atoms with Crippen molar-refractivity contribution in [2.24, 2.45) is 5.92 Å². The van der Waals surface area contributed by atoms with Crippen LogP contribution in [-0.4, -0.2) is 30.2 Å². The van der Waals surface area contributed by atoms with E-state index in [1.54, 1.807) is 11.9 Å². The van der Waals surface area contributed by atoms with E-state index in [-0.39, 0.29) is 18.1 Å². The second-order valence-electron chi connectivity index (χ2n) is 8.33. The Kier molecular flexibility index (Phi) is 5.45. The van der Waals surface area contributed by atoms with Crippen LogP contribution in [0.2, 0.25) is 0 Å². The highest BCUT2D eigenvalue weighted by atomic mass is 16.6. The first kappa shape index (κ1) is 19.3. The van der Waals surface area contributed by atoms with Crippen LogP contribution in [0.3, 0.4) is 0 Å². The number of fused-ring (bicyclic) bond motifs is 1. The molecule has 0 unspecified atom stereocenters. The number of amides is 1. The molecule has 1 amide bonds. The Hall–Kier alpha value is -2.49. The molecule has 4 heteroatoms. The van der Waals surface area contributed by atoms with Crippen molar-refractivity contribution in [3.63, 3.8) is 0 Å². The highest BCUT2D eigenvalue weighted by molar-refractivity contribution is 5.67. The van der Waals surface area contributed by atoms with Gasteiger partial charge in [0.15, 0.2) is 0 Å². The van der Waals surface area contributed by atoms with Crippen molar-refractivity contribution < 1.29 is 14.3 Å². The van der Waals surface area contributed by atoms with E-state index in [2.05, 4.69) is 31.2 Å². The number of benzene rings is 2. The van der Waals surface area contributed by atoms with Crippen LogP contribution < -0.4 is 4.74 Å². The summed E-state index contributed by atoms with van der Waals surface area (Å²) in [4.78, 5) is 14.1. The van der Waals surface area contributed by atoms with Crippen molar-refractivity contribution in [1.29, 1.82) is 0 Å². The summed E-state index contributed by atoms with van der Waals surface area (Å²) in [5.74, 6) is 1.07. The molecule has 0 radical (unpaired) electrons. The molecule has 2 atom stereocenters. The van der Waals surface area contributed by atoms with E-state index in [0.29, 0.717) is 6.54 Å². The quantitative estimate of drug-likeness (QED) is 0.750. The summed E-state index contributed by atoms with van der Waals surface area (Å²) in [5.41, 5.74) is 3.12. The maximum atomic E-state index is 12.4. The minimum absolute atomic E-state index is 0.0767. The molecular weight excluding hydrogens is 338 g/mol. The zero-order valence-electron chi connectivity index (χ0n) is 16.9. The van der Waals surface area contributed by atoms with Gasteiger partial charge >= 0.3 is 6.09 Å². The molecule has 4 nitrogen and oxygen atoms in total. The standard InChI is InChI=1S/C23H29NO3/c1-16-10-6-9-13-20(16)26-21-18(14-17-11-7-8-12-19(17)21)15-24(5)22(25)27-23(2,3)4/h6-13,18,21H,14-15H2,1-5H3/t18-,21+/m1/s1. The second kappa shape index (κ2) is 7.63. The van der Waals surface area contributed by atoms with Gasteiger partial charge < -0.3 is 14.4 Å². The molecule has 0 fully saturated rings. The lowest BCUT2D eigenvalue weighted by Crippen LogP contribution is -2.38. The number of aryl methyl sites for hydroxylation is 1. The average Bonchev–Trinajstić information content (AvgIpc) is 2.93. The number of hydrogen-bond donors (Lipinski definition) is 0. The normalized spacial score (nSPS) is 18.7. The summed E-state index contributed by atoms with van der Waals surface area (Å²) >= 11 is 0. The first-order chi connectivity index (χ1) is 12.7. The number of hydrogen-bond acceptors (Lipinski definition) is 3. The largest absolute Gasteiger partial charge is 0.485 e. The zero-order valence-corrected chi connectivity index (χ0v) is 16.9. The summed E-state index contributed by atoms with van der Waals surface area (Å²) in [6.07, 6.45) is 0.514. The molecule has 0 spiro atoms. The minimum Gasteiger partial charge on any atom is -0.485 e. The van der Waals surface area contributed by atoms with Crippen LogP contribution in [0.1, 0.15) is 43.6 Å². The third kappa shape index (κ3) is 4.62. The van der Waals surface area contributed by atoms with E-state index in [4.69, 9.17) is 9.47 Å². The molecule has 0 aliphatic heterocycles. The van der Waals surface area contributed by atoms with Crippen molar-refractivity contribution >= 4 is 6.09 Å². The fourth-order valence-corrected chi connectivity index (χ4v) is 3.55. The summed E-state index contributed by atoms with van der Waals surface area (Å²) in [6.45, 7) is 8.29. The predicted molar refractivity (Wildman–Crippen MR) is 107 cm³/mol. The number of carbonyl (C=O) groups is 1. The molecule has 27 heavy (non-hydrogen) atoms. The molecule has 1 aliphatic rings. The van der Waals surface area contributed by atoms with Crippen LogP contribution in [0.15, 0.2) is 48.5 Å². The Labute approximate surface area is 162 Å². The fourth-order valence-electron chi connectivity index (χ4n) is 3.55. The molecule has 2 aromatic carbocycles. The van der Waals surface area contributed by atoms with E-state index in [1.165, 1.54) is 11.1 Å². The molecule has 0 N–H and O–H groups in total. The van der Waals surface area contributed by atoms with E-state index >= 15 is 0 Å². The lowest BCUT2D eigenvalue weighted by atomic mass is 10.0. The lowest BCUT2D eigenvalue weighted by molar-refractivity contribution is 0.0229. The van der Waals surface area contributed by atoms with Gasteiger partial charge in [-0.3, -0.25) is 0 Å². The SMILES string of the molecule is Cc1ccccc1O[C@@H]1c2ccccc2C[C@@H]1CN(C)C(=O)OC(C)(C)C. The third-order valence-electron chi connectivity index (χ3n) is 4.83. The van der Waals surface area contributed by atoms with Gasteiger partial charge in [0.2, 0.25) is 0 Å². The Balaban J connectivity index is 1.79. The highest BCUT2D eigenvalue weighted by Gasteiger charge is 2.36. The summed E-state index contributed by atoms with van der Waals surface area (Å²) in [7, 11) is 1.79. The van der Waals surface area contributed by atoms with Crippen molar-refractivity contribution in [2.45, 2.75) is 45.8 Å². The Morgan fingerprint density at radius 1 is 1.11 bits per heavy atom. The van der Waals surface area contributed by atoms with Crippen molar-refractivity contribution in [2.75, 3.05) is 13.6 Å². The highest BCUT2D eigenvalue weighted by Crippen LogP contribution is 2.40. The van der Waals surface area contributed by atoms with E-state index < -0.39 is 5.60 Å². The van der Waals surface area contributed by atoms with Gasteiger partial charge in [0, 0.05) is 19.5 Å². The number of carbonyl (C=O) groups excluding carboxylic acids is 1. The lowest BCUT2D eigenvalue weighted by Gasteiger charge is -2.29. The number of ether oxygens (including phenoxy) is 2. The van der Waals surface area contributed by atoms with Gasteiger partial charge in [0.1, 0.15) is 17.5 Å². The third-order valence-corrected chi connectivity index (χ3v) is 4.83. The molecule has 3 rings (SSSR count). The molecule has 144 valence electrons. The van der Waals surface area contributed by atoms with E-state index in [9.17, 15) is 4.79 Å². The molecule has 0 saturated heterocycles. The zero-order chi connectivity index (χ0) is 19.6. The molecule has 0 saturated carbocycles. The molecule has 0 bridgehead atoms. The maximum Gasteiger partial charge on any atom is 0.410 e. The topological polar surface area (TPSA) is 38.8 Å². The smallest absolute Gasteiger partial charge is 0.410 e. The Morgan fingerprint density at radius 3 is 2.48 bits per heavy atom. The van der Waals surface area contributed by atoms with Crippen LogP contribution in [0.4, 0.5) is 4.79 Å². The van der Waals surface area contributed by atoms with Gasteiger partial charge in [-0.15, -0.1) is 0 Å². The number of nitrogens with zero attached hydrogens (tertiary/aromatic N) is 1. The Morgan fingerprint density at radius 2 is 1.78 bits per heavy atom. The van der Waals surface area contributed by atoms with E-state index in [0.717, 1.165) is 17.7 Å². The minimum atomic E-state index is -0.499. The molecule has 0 heterocycles. The van der Waals surface area contributed by atoms with Gasteiger partial charge in [-0.1, -0.05) is 42.5 Å². The van der Waals surface area contributed by atoms with Crippen molar-refractivity contribution in [1.82, 2.24) is 4.90 Å². The Bertz CT molecular complexity index is 809. The maximum absolute atomic E-state index is 12.4. The van der Waals surface area contributed by atoms with Gasteiger partial charge in [-0.05, 0) is 56.9 Å². The van der Waals surface area contributed by atoms with Crippen LogP contribution in [0.25, 0.3) is 0 Å². The van der Waals surface area contributed by atoms with Crippen LogP contribution in [0, 0.1) is 12.8 Å². The monoisotopic (exact) mass is 367 g/mol. The number of rotatable bonds is 4. The molecule has 0 aromatic heterocycles. The average molecular weight is 367 g/mol. The van der Waals surface area contributed by atoms with Gasteiger partial charge in [-0.2, -0.15) is 0 Å². The molecule has 1 aliphatic carbocycles. The summed E-state index contributed by atoms with van der Waals surface area (Å²) in [5, 5.41) is 0. The predicted octanol–water partition coefficient (Wildman–Crippen LogP) is 5.15. The van der Waals surface area contributed by atoms with E-state index in [1.807, 2.05) is 45.0 Å². The first-order valence-electron chi connectivity index (χ1n) is 9.49. The van der Waals surface area contributed by atoms with Crippen LogP contribution in [-0.2, 0) is 11.2 Å². The number of para-hydroxylation sites is 1. The molecule has 2 aromatic rings.